The van der Waals surface area contributed by atoms with Gasteiger partial charge in [-0.15, -0.1) is 13.2 Å². The molecule has 136 valence electrons. The molecule has 0 bridgehead atoms. The SMILES string of the molecule is CN(NC(=O)c1ccccc1OC(F)(F)F)C(=O)c1ccccc1C=O. The first-order chi connectivity index (χ1) is 12.2. The van der Waals surface area contributed by atoms with Gasteiger partial charge in [-0.2, -0.15) is 0 Å². The molecule has 0 spiro atoms. The maximum atomic E-state index is 12.4. The largest absolute Gasteiger partial charge is 0.573 e. The number of hydrogen-bond acceptors (Lipinski definition) is 4. The molecule has 2 rings (SSSR count). The summed E-state index contributed by atoms with van der Waals surface area (Å²) in [6, 6.07) is 10.6. The lowest BCUT2D eigenvalue weighted by Crippen LogP contribution is -2.43. The molecule has 2 aromatic rings. The third-order valence-electron chi connectivity index (χ3n) is 3.25. The lowest BCUT2D eigenvalue weighted by molar-refractivity contribution is -0.274. The summed E-state index contributed by atoms with van der Waals surface area (Å²) in [5.41, 5.74) is 1.89. The maximum absolute atomic E-state index is 12.4. The van der Waals surface area contributed by atoms with Crippen molar-refractivity contribution in [2.75, 3.05) is 7.05 Å². The summed E-state index contributed by atoms with van der Waals surface area (Å²) in [5, 5.41) is 0.773. The molecule has 0 aliphatic carbocycles. The molecule has 0 aliphatic rings. The van der Waals surface area contributed by atoms with Crippen LogP contribution in [0.1, 0.15) is 31.1 Å². The van der Waals surface area contributed by atoms with Crippen LogP contribution in [-0.2, 0) is 0 Å². The molecule has 2 amide bonds. The third kappa shape index (κ3) is 4.59. The molecule has 0 fully saturated rings. The Kier molecular flexibility index (Phi) is 5.61. The van der Waals surface area contributed by atoms with Crippen molar-refractivity contribution in [1.29, 1.82) is 0 Å². The molecule has 0 saturated carbocycles. The highest BCUT2D eigenvalue weighted by Crippen LogP contribution is 2.26. The van der Waals surface area contributed by atoms with E-state index in [-0.39, 0.29) is 11.1 Å². The van der Waals surface area contributed by atoms with Crippen LogP contribution in [0.3, 0.4) is 0 Å². The number of ether oxygens (including phenoxy) is 1. The van der Waals surface area contributed by atoms with Crippen molar-refractivity contribution < 1.29 is 32.3 Å². The number of carbonyl (C=O) groups is 3. The van der Waals surface area contributed by atoms with Gasteiger partial charge >= 0.3 is 6.36 Å². The van der Waals surface area contributed by atoms with Gasteiger partial charge in [0, 0.05) is 12.6 Å². The molecule has 0 aliphatic heterocycles. The molecular weight excluding hydrogens is 353 g/mol. The number of aldehydes is 1. The molecular formula is C17H13F3N2O4. The minimum Gasteiger partial charge on any atom is -0.405 e. The second-order valence-electron chi connectivity index (χ2n) is 5.05. The Morgan fingerprint density at radius 2 is 1.62 bits per heavy atom. The summed E-state index contributed by atoms with van der Waals surface area (Å²) in [4.78, 5) is 35.6. The fourth-order valence-corrected chi connectivity index (χ4v) is 2.11. The number of nitrogens with zero attached hydrogens (tertiary/aromatic N) is 1. The van der Waals surface area contributed by atoms with E-state index in [1.54, 1.807) is 6.07 Å². The Bertz CT molecular complexity index is 837. The van der Waals surface area contributed by atoms with Gasteiger partial charge in [0.25, 0.3) is 11.8 Å². The number of benzene rings is 2. The standard InChI is InChI=1S/C17H13F3N2O4/c1-22(16(25)12-7-3-2-6-11(12)10-23)21-15(24)13-8-4-5-9-14(13)26-17(18,19)20/h2-10H,1H3,(H,21,24). The molecule has 9 heteroatoms. The van der Waals surface area contributed by atoms with Gasteiger partial charge < -0.3 is 4.74 Å². The van der Waals surface area contributed by atoms with Gasteiger partial charge in [0.15, 0.2) is 6.29 Å². The molecule has 0 heterocycles. The summed E-state index contributed by atoms with van der Waals surface area (Å²) in [6.07, 6.45) is -4.49. The van der Waals surface area contributed by atoms with Gasteiger partial charge in [0.05, 0.1) is 11.1 Å². The van der Waals surface area contributed by atoms with E-state index in [4.69, 9.17) is 0 Å². The zero-order chi connectivity index (χ0) is 19.3. The molecule has 0 unspecified atom stereocenters. The Hall–Kier alpha value is -3.36. The van der Waals surface area contributed by atoms with E-state index in [1.807, 2.05) is 0 Å². The van der Waals surface area contributed by atoms with Gasteiger partial charge in [-0.3, -0.25) is 24.8 Å². The molecule has 0 aromatic heterocycles. The van der Waals surface area contributed by atoms with E-state index < -0.39 is 29.5 Å². The van der Waals surface area contributed by atoms with Crippen LogP contribution in [0.15, 0.2) is 48.5 Å². The fourth-order valence-electron chi connectivity index (χ4n) is 2.11. The first kappa shape index (κ1) is 19.0. The minimum atomic E-state index is -4.97. The van der Waals surface area contributed by atoms with E-state index in [9.17, 15) is 27.6 Å². The van der Waals surface area contributed by atoms with Gasteiger partial charge in [-0.05, 0) is 18.2 Å². The first-order valence-electron chi connectivity index (χ1n) is 7.21. The summed E-state index contributed by atoms with van der Waals surface area (Å²) in [7, 11) is 1.20. The zero-order valence-corrected chi connectivity index (χ0v) is 13.4. The fraction of sp³-hybridized carbons (Fsp3) is 0.118. The average molecular weight is 366 g/mol. The second kappa shape index (κ2) is 7.68. The maximum Gasteiger partial charge on any atom is 0.573 e. The molecule has 0 radical (unpaired) electrons. The number of hydrogen-bond donors (Lipinski definition) is 1. The van der Waals surface area contributed by atoms with E-state index in [0.717, 1.165) is 17.1 Å². The Balaban J connectivity index is 2.20. The molecule has 1 N–H and O–H groups in total. The average Bonchev–Trinajstić information content (AvgIpc) is 2.60. The first-order valence-corrected chi connectivity index (χ1v) is 7.21. The number of alkyl halides is 3. The van der Waals surface area contributed by atoms with Gasteiger partial charge in [0.2, 0.25) is 0 Å². The van der Waals surface area contributed by atoms with E-state index in [0.29, 0.717) is 6.29 Å². The molecule has 6 nitrogen and oxygen atoms in total. The van der Waals surface area contributed by atoms with Crippen LogP contribution in [0.4, 0.5) is 13.2 Å². The van der Waals surface area contributed by atoms with E-state index >= 15 is 0 Å². The molecule has 0 atom stereocenters. The third-order valence-corrected chi connectivity index (χ3v) is 3.25. The van der Waals surface area contributed by atoms with Gasteiger partial charge in [0.1, 0.15) is 5.75 Å². The predicted octanol–water partition coefficient (Wildman–Crippen LogP) is 2.81. The normalized spacial score (nSPS) is 10.8. The summed E-state index contributed by atoms with van der Waals surface area (Å²) in [5.74, 6) is -2.40. The van der Waals surface area contributed by atoms with Crippen molar-refractivity contribution in [1.82, 2.24) is 10.4 Å². The number of rotatable bonds is 4. The Morgan fingerprint density at radius 1 is 1.04 bits per heavy atom. The number of halogens is 3. The quantitative estimate of drug-likeness (QED) is 0.667. The van der Waals surface area contributed by atoms with Crippen LogP contribution in [0.25, 0.3) is 0 Å². The van der Waals surface area contributed by atoms with Crippen LogP contribution >= 0.6 is 0 Å². The number of hydrazine groups is 1. The van der Waals surface area contributed by atoms with Crippen molar-refractivity contribution in [2.45, 2.75) is 6.36 Å². The predicted molar refractivity (Wildman–Crippen MR) is 84.5 cm³/mol. The van der Waals surface area contributed by atoms with Crippen molar-refractivity contribution in [3.8, 4) is 5.75 Å². The molecule has 2 aromatic carbocycles. The summed E-state index contributed by atoms with van der Waals surface area (Å²) >= 11 is 0. The highest BCUT2D eigenvalue weighted by atomic mass is 19.4. The van der Waals surface area contributed by atoms with Gasteiger partial charge in [-0.1, -0.05) is 30.3 Å². The topological polar surface area (TPSA) is 75.7 Å². The van der Waals surface area contributed by atoms with Crippen molar-refractivity contribution >= 4 is 18.1 Å². The molecule has 26 heavy (non-hydrogen) atoms. The number of para-hydroxylation sites is 1. The lowest BCUT2D eigenvalue weighted by atomic mass is 10.1. The minimum absolute atomic E-state index is 0.0325. The Morgan fingerprint density at radius 3 is 2.23 bits per heavy atom. The summed E-state index contributed by atoms with van der Waals surface area (Å²) < 4.78 is 41.1. The zero-order valence-electron chi connectivity index (χ0n) is 13.4. The van der Waals surface area contributed by atoms with Crippen LogP contribution in [0.5, 0.6) is 5.75 Å². The smallest absolute Gasteiger partial charge is 0.405 e. The van der Waals surface area contributed by atoms with Crippen LogP contribution in [0.2, 0.25) is 0 Å². The monoisotopic (exact) mass is 366 g/mol. The van der Waals surface area contributed by atoms with E-state index in [2.05, 4.69) is 10.2 Å². The highest BCUT2D eigenvalue weighted by molar-refractivity contribution is 6.03. The van der Waals surface area contributed by atoms with Crippen LogP contribution in [-0.4, -0.2) is 36.5 Å². The van der Waals surface area contributed by atoms with Crippen LogP contribution in [0, 0.1) is 0 Å². The van der Waals surface area contributed by atoms with Crippen LogP contribution < -0.4 is 10.2 Å². The number of carbonyl (C=O) groups excluding carboxylic acids is 3. The van der Waals surface area contributed by atoms with E-state index in [1.165, 1.54) is 37.4 Å². The summed E-state index contributed by atoms with van der Waals surface area (Å²) in [6.45, 7) is 0. The second-order valence-corrected chi connectivity index (χ2v) is 5.05. The van der Waals surface area contributed by atoms with Gasteiger partial charge in [-0.25, -0.2) is 0 Å². The molecule has 0 saturated heterocycles. The Labute approximate surface area is 146 Å². The lowest BCUT2D eigenvalue weighted by Gasteiger charge is -2.20. The highest BCUT2D eigenvalue weighted by Gasteiger charge is 2.33. The van der Waals surface area contributed by atoms with Crippen molar-refractivity contribution in [3.63, 3.8) is 0 Å². The van der Waals surface area contributed by atoms with Crippen molar-refractivity contribution in [3.05, 3.63) is 65.2 Å². The number of nitrogens with one attached hydrogen (secondary N) is 1. The van der Waals surface area contributed by atoms with Crippen molar-refractivity contribution in [2.24, 2.45) is 0 Å². The number of amides is 2.